The molecule has 0 spiro atoms. The van der Waals surface area contributed by atoms with Crippen LogP contribution in [-0.2, 0) is 0 Å². The van der Waals surface area contributed by atoms with Crippen molar-refractivity contribution in [1.82, 2.24) is 9.80 Å². The van der Waals surface area contributed by atoms with E-state index in [9.17, 15) is 0 Å². The first-order valence-electron chi connectivity index (χ1n) is 6.96. The third-order valence-electron chi connectivity index (χ3n) is 3.57. The molecular formula is C15H23ClN2O. The molecule has 106 valence electrons. The maximum Gasteiger partial charge on any atom is 0.119 e. The lowest BCUT2D eigenvalue weighted by Gasteiger charge is -2.33. The highest BCUT2D eigenvalue weighted by molar-refractivity contribution is 6.21. The van der Waals surface area contributed by atoms with Gasteiger partial charge in [0, 0.05) is 32.7 Å². The number of likely N-dealkylation sites (N-methyl/N-ethyl adjacent to an activating group) is 1. The molecule has 0 bridgehead atoms. The van der Waals surface area contributed by atoms with E-state index in [0.717, 1.165) is 38.5 Å². The van der Waals surface area contributed by atoms with E-state index < -0.39 is 0 Å². The molecule has 0 aliphatic carbocycles. The second-order valence-electron chi connectivity index (χ2n) is 5.07. The molecule has 0 aromatic heterocycles. The van der Waals surface area contributed by atoms with Crippen LogP contribution < -0.4 is 4.74 Å². The minimum Gasteiger partial charge on any atom is -0.494 e. The summed E-state index contributed by atoms with van der Waals surface area (Å²) >= 11 is 6.51. The summed E-state index contributed by atoms with van der Waals surface area (Å²) in [6, 6.07) is 8.13. The van der Waals surface area contributed by atoms with Gasteiger partial charge in [-0.2, -0.15) is 0 Å². The molecule has 4 heteroatoms. The molecule has 0 amide bonds. The molecule has 19 heavy (non-hydrogen) atoms. The number of hydrogen-bond acceptors (Lipinski definition) is 3. The highest BCUT2D eigenvalue weighted by atomic mass is 35.5. The summed E-state index contributed by atoms with van der Waals surface area (Å²) in [5, 5.41) is 0.0547. The van der Waals surface area contributed by atoms with Gasteiger partial charge in [0.1, 0.15) is 5.75 Å². The Morgan fingerprint density at radius 1 is 1.16 bits per heavy atom. The van der Waals surface area contributed by atoms with E-state index in [4.69, 9.17) is 16.3 Å². The quantitative estimate of drug-likeness (QED) is 0.772. The molecule has 1 aliphatic rings. The lowest BCUT2D eigenvalue weighted by atomic mass is 10.1. The van der Waals surface area contributed by atoms with Gasteiger partial charge in [-0.15, -0.1) is 11.6 Å². The Labute approximate surface area is 121 Å². The number of rotatable bonds is 5. The van der Waals surface area contributed by atoms with Crippen molar-refractivity contribution in [2.45, 2.75) is 12.3 Å². The molecule has 0 saturated carbocycles. The first kappa shape index (κ1) is 14.6. The van der Waals surface area contributed by atoms with Crippen molar-refractivity contribution >= 4 is 11.6 Å². The van der Waals surface area contributed by atoms with Gasteiger partial charge >= 0.3 is 0 Å². The van der Waals surface area contributed by atoms with Crippen LogP contribution in [0.25, 0.3) is 0 Å². The monoisotopic (exact) mass is 282 g/mol. The first-order chi connectivity index (χ1) is 9.19. The summed E-state index contributed by atoms with van der Waals surface area (Å²) in [7, 11) is 2.17. The minimum atomic E-state index is 0.0547. The van der Waals surface area contributed by atoms with Gasteiger partial charge in [0.2, 0.25) is 0 Å². The van der Waals surface area contributed by atoms with Gasteiger partial charge in [0.05, 0.1) is 12.0 Å². The molecule has 1 atom stereocenters. The highest BCUT2D eigenvalue weighted by Crippen LogP contribution is 2.24. The van der Waals surface area contributed by atoms with Crippen LogP contribution in [0.3, 0.4) is 0 Å². The van der Waals surface area contributed by atoms with Crippen molar-refractivity contribution in [3.05, 3.63) is 29.8 Å². The van der Waals surface area contributed by atoms with Crippen molar-refractivity contribution in [2.24, 2.45) is 0 Å². The van der Waals surface area contributed by atoms with E-state index in [0.29, 0.717) is 6.61 Å². The Kier molecular flexibility index (Phi) is 5.49. The van der Waals surface area contributed by atoms with Gasteiger partial charge < -0.3 is 9.64 Å². The zero-order chi connectivity index (χ0) is 13.7. The van der Waals surface area contributed by atoms with Crippen molar-refractivity contribution in [3.8, 4) is 5.75 Å². The van der Waals surface area contributed by atoms with Gasteiger partial charge in [-0.3, -0.25) is 4.90 Å². The van der Waals surface area contributed by atoms with Crippen LogP contribution in [0.2, 0.25) is 0 Å². The number of benzene rings is 1. The van der Waals surface area contributed by atoms with Gasteiger partial charge in [-0.1, -0.05) is 12.1 Å². The van der Waals surface area contributed by atoms with Gasteiger partial charge in [-0.05, 0) is 31.7 Å². The molecule has 1 aromatic rings. The number of alkyl halides is 1. The maximum atomic E-state index is 6.51. The molecule has 3 nitrogen and oxygen atoms in total. The van der Waals surface area contributed by atoms with Crippen LogP contribution in [0.5, 0.6) is 5.75 Å². The molecule has 0 N–H and O–H groups in total. The third-order valence-corrected chi connectivity index (χ3v) is 3.96. The predicted octanol–water partition coefficient (Wildman–Crippen LogP) is 2.61. The Morgan fingerprint density at radius 3 is 2.37 bits per heavy atom. The highest BCUT2D eigenvalue weighted by Gasteiger charge is 2.18. The number of nitrogens with zero attached hydrogens (tertiary/aromatic N) is 2. The summed E-state index contributed by atoms with van der Waals surface area (Å²) in [4.78, 5) is 4.80. The van der Waals surface area contributed by atoms with Crippen molar-refractivity contribution < 1.29 is 4.74 Å². The van der Waals surface area contributed by atoms with E-state index in [-0.39, 0.29) is 5.38 Å². The average Bonchev–Trinajstić information content (AvgIpc) is 2.42. The van der Waals surface area contributed by atoms with E-state index >= 15 is 0 Å². The average molecular weight is 283 g/mol. The molecule has 0 radical (unpaired) electrons. The Bertz CT molecular complexity index is 374. The van der Waals surface area contributed by atoms with Crippen LogP contribution in [-0.4, -0.2) is 56.2 Å². The van der Waals surface area contributed by atoms with E-state index in [2.05, 4.69) is 29.0 Å². The summed E-state index contributed by atoms with van der Waals surface area (Å²) < 4.78 is 5.44. The zero-order valence-electron chi connectivity index (χ0n) is 11.8. The largest absolute Gasteiger partial charge is 0.494 e. The topological polar surface area (TPSA) is 15.7 Å². The Hall–Kier alpha value is -0.770. The van der Waals surface area contributed by atoms with Crippen LogP contribution in [0.4, 0.5) is 0 Å². The van der Waals surface area contributed by atoms with Gasteiger partial charge in [-0.25, -0.2) is 0 Å². The predicted molar refractivity (Wildman–Crippen MR) is 80.1 cm³/mol. The maximum absolute atomic E-state index is 6.51. The molecule has 2 rings (SSSR count). The summed E-state index contributed by atoms with van der Waals surface area (Å²) in [6.07, 6.45) is 0. The van der Waals surface area contributed by atoms with E-state index in [1.807, 2.05) is 19.1 Å². The molecular weight excluding hydrogens is 260 g/mol. The lowest BCUT2D eigenvalue weighted by molar-refractivity contribution is 0.154. The fourth-order valence-corrected chi connectivity index (χ4v) is 2.64. The molecule has 1 fully saturated rings. The first-order valence-corrected chi connectivity index (χ1v) is 7.40. The molecule has 1 heterocycles. The standard InChI is InChI=1S/C15H23ClN2O/c1-3-19-14-6-4-13(5-7-14)15(16)12-18-10-8-17(2)9-11-18/h4-7,15H,3,8-12H2,1-2H3. The van der Waals surface area contributed by atoms with Crippen molar-refractivity contribution in [3.63, 3.8) is 0 Å². The summed E-state index contributed by atoms with van der Waals surface area (Å²) in [5.74, 6) is 0.912. The van der Waals surface area contributed by atoms with Crippen LogP contribution in [0.1, 0.15) is 17.9 Å². The SMILES string of the molecule is CCOc1ccc(C(Cl)CN2CCN(C)CC2)cc1. The Morgan fingerprint density at radius 2 is 1.79 bits per heavy atom. The smallest absolute Gasteiger partial charge is 0.119 e. The molecule has 1 saturated heterocycles. The zero-order valence-corrected chi connectivity index (χ0v) is 12.6. The molecule has 1 unspecified atom stereocenters. The fourth-order valence-electron chi connectivity index (χ4n) is 2.30. The minimum absolute atomic E-state index is 0.0547. The third kappa shape index (κ3) is 4.37. The van der Waals surface area contributed by atoms with Gasteiger partial charge in [0.15, 0.2) is 0 Å². The second kappa shape index (κ2) is 7.13. The number of piperazine rings is 1. The fraction of sp³-hybridized carbons (Fsp3) is 0.600. The van der Waals surface area contributed by atoms with Gasteiger partial charge in [0.25, 0.3) is 0 Å². The number of halogens is 1. The van der Waals surface area contributed by atoms with Crippen LogP contribution in [0, 0.1) is 0 Å². The number of ether oxygens (including phenoxy) is 1. The number of hydrogen-bond donors (Lipinski definition) is 0. The van der Waals surface area contributed by atoms with Crippen LogP contribution >= 0.6 is 11.6 Å². The molecule has 1 aromatic carbocycles. The van der Waals surface area contributed by atoms with E-state index in [1.165, 1.54) is 5.56 Å². The second-order valence-corrected chi connectivity index (χ2v) is 5.60. The Balaban J connectivity index is 1.86. The van der Waals surface area contributed by atoms with E-state index in [1.54, 1.807) is 0 Å². The van der Waals surface area contributed by atoms with Crippen molar-refractivity contribution in [2.75, 3.05) is 46.4 Å². The molecule has 1 aliphatic heterocycles. The van der Waals surface area contributed by atoms with Crippen molar-refractivity contribution in [1.29, 1.82) is 0 Å². The lowest BCUT2D eigenvalue weighted by Crippen LogP contribution is -2.45. The van der Waals surface area contributed by atoms with Crippen LogP contribution in [0.15, 0.2) is 24.3 Å². The summed E-state index contributed by atoms with van der Waals surface area (Å²) in [5.41, 5.74) is 1.17. The normalized spacial score (nSPS) is 19.3. The summed E-state index contributed by atoms with van der Waals surface area (Å²) in [6.45, 7) is 8.09.